The van der Waals surface area contributed by atoms with E-state index in [2.05, 4.69) is 10.3 Å². The van der Waals surface area contributed by atoms with E-state index in [-0.39, 0.29) is 18.5 Å². The molecule has 23 heavy (non-hydrogen) atoms. The van der Waals surface area contributed by atoms with Crippen LogP contribution in [0.5, 0.6) is 0 Å². The molecule has 124 valence electrons. The molecule has 6 nitrogen and oxygen atoms in total. The van der Waals surface area contributed by atoms with Crippen molar-refractivity contribution in [2.24, 2.45) is 0 Å². The summed E-state index contributed by atoms with van der Waals surface area (Å²) < 4.78 is 43.6. The number of amides is 1. The molecule has 1 amide bonds. The Labute approximate surface area is 129 Å². The highest BCUT2D eigenvalue weighted by molar-refractivity contribution is 5.76. The largest absolute Gasteiger partial charge is 0.435 e. The number of hydrogen-bond donors (Lipinski definition) is 0. The molecule has 0 aliphatic carbocycles. The number of hydrogen-bond acceptors (Lipinski definition) is 4. The maximum absolute atomic E-state index is 12.5. The van der Waals surface area contributed by atoms with E-state index in [4.69, 9.17) is 4.52 Å². The lowest BCUT2D eigenvalue weighted by Gasteiger charge is -2.22. The van der Waals surface area contributed by atoms with Crippen LogP contribution in [0, 0.1) is 6.92 Å². The van der Waals surface area contributed by atoms with Crippen LogP contribution in [0.3, 0.4) is 0 Å². The molecule has 0 aromatic carbocycles. The van der Waals surface area contributed by atoms with Crippen molar-refractivity contribution in [2.45, 2.75) is 38.5 Å². The van der Waals surface area contributed by atoms with Crippen molar-refractivity contribution in [1.29, 1.82) is 0 Å². The van der Waals surface area contributed by atoms with Gasteiger partial charge in [0.25, 0.3) is 0 Å². The molecular formula is C14H15F3N4O2. The first-order chi connectivity index (χ1) is 10.8. The molecule has 0 bridgehead atoms. The van der Waals surface area contributed by atoms with Crippen molar-refractivity contribution in [1.82, 2.24) is 19.8 Å². The van der Waals surface area contributed by atoms with Crippen molar-refractivity contribution >= 4 is 5.91 Å². The molecule has 1 unspecified atom stereocenters. The van der Waals surface area contributed by atoms with E-state index in [9.17, 15) is 18.0 Å². The zero-order valence-corrected chi connectivity index (χ0v) is 12.4. The highest BCUT2D eigenvalue weighted by atomic mass is 19.4. The highest BCUT2D eigenvalue weighted by Gasteiger charge is 2.35. The third-order valence-corrected chi connectivity index (χ3v) is 3.79. The highest BCUT2D eigenvalue weighted by Crippen LogP contribution is 2.32. The van der Waals surface area contributed by atoms with Gasteiger partial charge in [0.15, 0.2) is 5.69 Å². The first-order valence-corrected chi connectivity index (χ1v) is 7.18. The van der Waals surface area contributed by atoms with Crippen LogP contribution in [0.15, 0.2) is 22.9 Å². The van der Waals surface area contributed by atoms with Crippen LogP contribution >= 0.6 is 0 Å². The van der Waals surface area contributed by atoms with Crippen molar-refractivity contribution < 1.29 is 22.5 Å². The van der Waals surface area contributed by atoms with Crippen LogP contribution in [-0.4, -0.2) is 32.3 Å². The number of carbonyl (C=O) groups excluding carboxylic acids is 1. The Morgan fingerprint density at radius 1 is 1.48 bits per heavy atom. The molecule has 2 aromatic rings. The number of rotatable bonds is 3. The summed E-state index contributed by atoms with van der Waals surface area (Å²) in [6.45, 7) is 2.08. The maximum Gasteiger partial charge on any atom is 0.435 e. The lowest BCUT2D eigenvalue weighted by atomic mass is 10.1. The van der Waals surface area contributed by atoms with Gasteiger partial charge in [-0.05, 0) is 25.8 Å². The average Bonchev–Trinajstić information content (AvgIpc) is 3.15. The second-order valence-electron chi connectivity index (χ2n) is 5.50. The molecule has 1 atom stereocenters. The third kappa shape index (κ3) is 3.22. The Balaban J connectivity index is 1.71. The van der Waals surface area contributed by atoms with Crippen LogP contribution in [0.2, 0.25) is 0 Å². The molecular weight excluding hydrogens is 313 g/mol. The average molecular weight is 328 g/mol. The summed E-state index contributed by atoms with van der Waals surface area (Å²) in [7, 11) is 0. The summed E-state index contributed by atoms with van der Waals surface area (Å²) in [4.78, 5) is 14.0. The summed E-state index contributed by atoms with van der Waals surface area (Å²) in [5.41, 5.74) is -0.333. The Hall–Kier alpha value is -2.32. The molecule has 0 N–H and O–H groups in total. The fraction of sp³-hybridized carbons (Fsp3) is 0.500. The summed E-state index contributed by atoms with van der Waals surface area (Å²) in [5, 5.41) is 7.34. The number of carbonyl (C=O) groups is 1. The van der Waals surface area contributed by atoms with Crippen LogP contribution in [0.4, 0.5) is 13.2 Å². The summed E-state index contributed by atoms with van der Waals surface area (Å²) in [5.74, 6) is 0.367. The SMILES string of the molecule is Cc1cc(C2CCCN2C(=O)Cn2ccc(C(F)(F)F)n2)no1. The molecule has 2 aromatic heterocycles. The molecule has 1 saturated heterocycles. The zero-order chi connectivity index (χ0) is 16.6. The van der Waals surface area contributed by atoms with Gasteiger partial charge in [-0.25, -0.2) is 0 Å². The van der Waals surface area contributed by atoms with E-state index in [1.54, 1.807) is 17.9 Å². The minimum Gasteiger partial charge on any atom is -0.361 e. The Morgan fingerprint density at radius 3 is 2.87 bits per heavy atom. The Bertz CT molecular complexity index is 707. The molecule has 9 heteroatoms. The summed E-state index contributed by atoms with van der Waals surface area (Å²) >= 11 is 0. The second-order valence-corrected chi connectivity index (χ2v) is 5.50. The smallest absolute Gasteiger partial charge is 0.361 e. The van der Waals surface area contributed by atoms with Gasteiger partial charge in [0, 0.05) is 18.8 Å². The molecule has 0 radical (unpaired) electrons. The number of likely N-dealkylation sites (tertiary alicyclic amines) is 1. The summed E-state index contributed by atoms with van der Waals surface area (Å²) in [6, 6.07) is 2.43. The van der Waals surface area contributed by atoms with Crippen LogP contribution < -0.4 is 0 Å². The van der Waals surface area contributed by atoms with Crippen LogP contribution in [0.25, 0.3) is 0 Å². The van der Waals surface area contributed by atoms with E-state index in [1.165, 1.54) is 0 Å². The molecule has 1 fully saturated rings. The van der Waals surface area contributed by atoms with Crippen molar-refractivity contribution in [3.63, 3.8) is 0 Å². The fourth-order valence-electron chi connectivity index (χ4n) is 2.75. The Morgan fingerprint density at radius 2 is 2.26 bits per heavy atom. The van der Waals surface area contributed by atoms with Gasteiger partial charge in [0.05, 0.1) is 6.04 Å². The fourth-order valence-corrected chi connectivity index (χ4v) is 2.75. The molecule has 1 aliphatic heterocycles. The van der Waals surface area contributed by atoms with Crippen LogP contribution in [-0.2, 0) is 17.5 Å². The molecule has 0 spiro atoms. The molecule has 3 rings (SSSR count). The van der Waals surface area contributed by atoms with Gasteiger partial charge in [-0.15, -0.1) is 0 Å². The van der Waals surface area contributed by atoms with E-state index in [0.29, 0.717) is 18.0 Å². The summed E-state index contributed by atoms with van der Waals surface area (Å²) in [6.07, 6.45) is -1.78. The van der Waals surface area contributed by atoms with Gasteiger partial charge in [-0.2, -0.15) is 18.3 Å². The third-order valence-electron chi connectivity index (χ3n) is 3.79. The number of nitrogens with zero attached hydrogens (tertiary/aromatic N) is 4. The predicted molar refractivity (Wildman–Crippen MR) is 72.2 cm³/mol. The van der Waals surface area contributed by atoms with Gasteiger partial charge in [-0.1, -0.05) is 5.16 Å². The zero-order valence-electron chi connectivity index (χ0n) is 12.4. The minimum atomic E-state index is -4.51. The quantitative estimate of drug-likeness (QED) is 0.869. The van der Waals surface area contributed by atoms with Crippen LogP contribution in [0.1, 0.15) is 36.0 Å². The van der Waals surface area contributed by atoms with E-state index in [1.807, 2.05) is 0 Å². The van der Waals surface area contributed by atoms with Gasteiger partial charge in [-0.3, -0.25) is 9.48 Å². The Kier molecular flexibility index (Phi) is 3.87. The van der Waals surface area contributed by atoms with Gasteiger partial charge >= 0.3 is 6.18 Å². The number of alkyl halides is 3. The van der Waals surface area contributed by atoms with Gasteiger partial charge in [0.2, 0.25) is 5.91 Å². The maximum atomic E-state index is 12.5. The predicted octanol–water partition coefficient (Wildman–Crippen LogP) is 2.56. The van der Waals surface area contributed by atoms with Crippen molar-refractivity contribution in [2.75, 3.05) is 6.54 Å². The standard InChI is InChI=1S/C14H15F3N4O2/c1-9-7-10(19-23-9)11-3-2-5-21(11)13(22)8-20-6-4-12(18-20)14(15,16)17/h4,6-7,11H,2-3,5,8H2,1H3. The molecule has 3 heterocycles. The minimum absolute atomic E-state index is 0.197. The van der Waals surface area contributed by atoms with Gasteiger partial charge < -0.3 is 9.42 Å². The van der Waals surface area contributed by atoms with E-state index >= 15 is 0 Å². The van der Waals surface area contributed by atoms with Crippen molar-refractivity contribution in [3.05, 3.63) is 35.5 Å². The van der Waals surface area contributed by atoms with Gasteiger partial charge in [0.1, 0.15) is 18.0 Å². The topological polar surface area (TPSA) is 64.2 Å². The number of aryl methyl sites for hydroxylation is 1. The van der Waals surface area contributed by atoms with Crippen molar-refractivity contribution in [3.8, 4) is 0 Å². The normalized spacial score (nSPS) is 18.6. The molecule has 1 aliphatic rings. The number of aromatic nitrogens is 3. The van der Waals surface area contributed by atoms with E-state index < -0.39 is 11.9 Å². The second kappa shape index (κ2) is 5.71. The van der Waals surface area contributed by atoms with E-state index in [0.717, 1.165) is 29.8 Å². The first kappa shape index (κ1) is 15.6. The number of halogens is 3. The first-order valence-electron chi connectivity index (χ1n) is 7.18. The monoisotopic (exact) mass is 328 g/mol. The molecule has 0 saturated carbocycles. The lowest BCUT2D eigenvalue weighted by Crippen LogP contribution is -2.33. The lowest BCUT2D eigenvalue weighted by molar-refractivity contribution is -0.142.